The van der Waals surface area contributed by atoms with Crippen molar-refractivity contribution in [1.82, 2.24) is 10.0 Å². The molecule has 2 rings (SSSR count). The van der Waals surface area contributed by atoms with Crippen LogP contribution in [0.25, 0.3) is 0 Å². The maximum Gasteiger partial charge on any atom is 0.208 e. The van der Waals surface area contributed by atoms with E-state index in [2.05, 4.69) is 10.0 Å². The summed E-state index contributed by atoms with van der Waals surface area (Å²) in [5.74, 6) is -0.316. The Morgan fingerprint density at radius 2 is 1.78 bits per heavy atom. The molecule has 0 amide bonds. The van der Waals surface area contributed by atoms with Crippen LogP contribution in [0.5, 0.6) is 0 Å². The van der Waals surface area contributed by atoms with Gasteiger partial charge in [-0.25, -0.2) is 13.1 Å². The van der Waals surface area contributed by atoms with E-state index in [1.807, 2.05) is 0 Å². The van der Waals surface area contributed by atoms with E-state index in [4.69, 9.17) is 9.47 Å². The van der Waals surface area contributed by atoms with Gasteiger partial charge in [0.1, 0.15) is 0 Å². The zero-order valence-electron chi connectivity index (χ0n) is 10.8. The number of hydrogen-bond donors (Lipinski definition) is 2. The Morgan fingerprint density at radius 3 is 2.33 bits per heavy atom. The van der Waals surface area contributed by atoms with E-state index in [1.54, 1.807) is 0 Å². The average Bonchev–Trinajstić information content (AvgIpc) is 2.75. The number of sulfonamides is 1. The third kappa shape index (κ3) is 4.17. The quantitative estimate of drug-likeness (QED) is 0.682. The first-order chi connectivity index (χ1) is 8.49. The van der Waals surface area contributed by atoms with Gasteiger partial charge in [-0.2, -0.15) is 0 Å². The fourth-order valence-corrected chi connectivity index (χ4v) is 3.03. The van der Waals surface area contributed by atoms with Crippen molar-refractivity contribution >= 4 is 10.0 Å². The van der Waals surface area contributed by atoms with Gasteiger partial charge in [0.05, 0.1) is 19.5 Å². The molecule has 2 aliphatic rings. The molecule has 1 aliphatic carbocycles. The SMILES string of the molecule is CS(=O)(=O)NCCNC1CCC2(CC1)OCCO2. The van der Waals surface area contributed by atoms with Gasteiger partial charge in [0.15, 0.2) is 5.79 Å². The number of hydrogen-bond acceptors (Lipinski definition) is 5. The summed E-state index contributed by atoms with van der Waals surface area (Å²) in [6, 6.07) is 0.435. The third-order valence-electron chi connectivity index (χ3n) is 3.48. The monoisotopic (exact) mass is 278 g/mol. The molecule has 2 fully saturated rings. The lowest BCUT2D eigenvalue weighted by Crippen LogP contribution is -2.44. The lowest BCUT2D eigenvalue weighted by atomic mass is 9.90. The Balaban J connectivity index is 1.62. The molecule has 6 nitrogen and oxygen atoms in total. The Kier molecular flexibility index (Phi) is 4.60. The molecule has 1 aliphatic heterocycles. The predicted molar refractivity (Wildman–Crippen MR) is 67.7 cm³/mol. The molecule has 0 aromatic heterocycles. The van der Waals surface area contributed by atoms with E-state index in [1.165, 1.54) is 6.26 Å². The fourth-order valence-electron chi connectivity index (χ4n) is 2.56. The second kappa shape index (κ2) is 5.83. The van der Waals surface area contributed by atoms with Crippen LogP contribution in [0, 0.1) is 0 Å². The summed E-state index contributed by atoms with van der Waals surface area (Å²) in [7, 11) is -3.08. The van der Waals surface area contributed by atoms with Crippen LogP contribution in [0.1, 0.15) is 25.7 Å². The number of ether oxygens (including phenoxy) is 2. The minimum absolute atomic E-state index is 0.316. The van der Waals surface area contributed by atoms with Crippen LogP contribution in [-0.4, -0.2) is 52.8 Å². The van der Waals surface area contributed by atoms with Gasteiger partial charge < -0.3 is 14.8 Å². The normalized spacial score (nSPS) is 24.7. The molecule has 1 spiro atoms. The zero-order valence-corrected chi connectivity index (χ0v) is 11.6. The molecule has 1 heterocycles. The van der Waals surface area contributed by atoms with E-state index >= 15 is 0 Å². The molecule has 18 heavy (non-hydrogen) atoms. The van der Waals surface area contributed by atoms with Gasteiger partial charge in [-0.1, -0.05) is 0 Å². The van der Waals surface area contributed by atoms with Gasteiger partial charge >= 0.3 is 0 Å². The van der Waals surface area contributed by atoms with E-state index in [0.717, 1.165) is 25.7 Å². The van der Waals surface area contributed by atoms with Crippen LogP contribution >= 0.6 is 0 Å². The Morgan fingerprint density at radius 1 is 1.17 bits per heavy atom. The first-order valence-corrected chi connectivity index (χ1v) is 8.34. The Hall–Kier alpha value is -0.210. The molecule has 7 heteroatoms. The van der Waals surface area contributed by atoms with Crippen molar-refractivity contribution in [2.24, 2.45) is 0 Å². The lowest BCUT2D eigenvalue weighted by Gasteiger charge is -2.35. The van der Waals surface area contributed by atoms with Crippen LogP contribution in [0.4, 0.5) is 0 Å². The van der Waals surface area contributed by atoms with Crippen molar-refractivity contribution in [1.29, 1.82) is 0 Å². The maximum atomic E-state index is 10.9. The van der Waals surface area contributed by atoms with Gasteiger partial charge in [0.2, 0.25) is 10.0 Å². The fraction of sp³-hybridized carbons (Fsp3) is 1.00. The van der Waals surface area contributed by atoms with Gasteiger partial charge in [0.25, 0.3) is 0 Å². The van der Waals surface area contributed by atoms with Crippen molar-refractivity contribution < 1.29 is 17.9 Å². The summed E-state index contributed by atoms with van der Waals surface area (Å²) in [6.07, 6.45) is 5.04. The van der Waals surface area contributed by atoms with Crippen LogP contribution in [-0.2, 0) is 19.5 Å². The van der Waals surface area contributed by atoms with Crippen LogP contribution in [0.3, 0.4) is 0 Å². The van der Waals surface area contributed by atoms with Gasteiger partial charge in [0, 0.05) is 32.0 Å². The maximum absolute atomic E-state index is 10.9. The first kappa shape index (κ1) is 14.2. The zero-order chi connectivity index (χ0) is 13.1. The standard InChI is InChI=1S/C11H22N2O4S/c1-18(14,15)13-7-6-12-10-2-4-11(5-3-10)16-8-9-17-11/h10,12-13H,2-9H2,1H3. The van der Waals surface area contributed by atoms with E-state index in [9.17, 15) is 8.42 Å². The highest BCUT2D eigenvalue weighted by atomic mass is 32.2. The minimum atomic E-state index is -3.08. The number of nitrogens with one attached hydrogen (secondary N) is 2. The predicted octanol–water partition coefficient (Wildman–Crippen LogP) is -0.189. The molecule has 0 aromatic rings. The van der Waals surface area contributed by atoms with Gasteiger partial charge in [-0.3, -0.25) is 0 Å². The Labute approximate surface area is 108 Å². The third-order valence-corrected chi connectivity index (χ3v) is 4.21. The topological polar surface area (TPSA) is 76.7 Å². The summed E-state index contributed by atoms with van der Waals surface area (Å²) < 4.78 is 35.5. The van der Waals surface area contributed by atoms with Gasteiger partial charge in [-0.05, 0) is 12.8 Å². The summed E-state index contributed by atoms with van der Waals surface area (Å²) in [5.41, 5.74) is 0. The van der Waals surface area contributed by atoms with E-state index in [0.29, 0.717) is 32.3 Å². The van der Waals surface area contributed by atoms with Crippen molar-refractivity contribution in [3.63, 3.8) is 0 Å². The number of rotatable bonds is 5. The molecule has 0 radical (unpaired) electrons. The highest BCUT2D eigenvalue weighted by Gasteiger charge is 2.39. The van der Waals surface area contributed by atoms with Crippen LogP contribution in [0.2, 0.25) is 0 Å². The molecule has 1 saturated heterocycles. The second-order valence-electron chi connectivity index (χ2n) is 5.00. The Bertz CT molecular complexity index is 355. The van der Waals surface area contributed by atoms with Crippen molar-refractivity contribution in [3.8, 4) is 0 Å². The molecule has 0 atom stereocenters. The van der Waals surface area contributed by atoms with Gasteiger partial charge in [-0.15, -0.1) is 0 Å². The van der Waals surface area contributed by atoms with E-state index < -0.39 is 10.0 Å². The molecular weight excluding hydrogens is 256 g/mol. The van der Waals surface area contributed by atoms with Crippen molar-refractivity contribution in [3.05, 3.63) is 0 Å². The second-order valence-corrected chi connectivity index (χ2v) is 6.84. The molecule has 0 aromatic carbocycles. The average molecular weight is 278 g/mol. The molecule has 0 bridgehead atoms. The molecular formula is C11H22N2O4S. The molecule has 1 saturated carbocycles. The summed E-state index contributed by atoms with van der Waals surface area (Å²) in [6.45, 7) is 2.51. The van der Waals surface area contributed by atoms with Crippen molar-refractivity contribution in [2.75, 3.05) is 32.6 Å². The lowest BCUT2D eigenvalue weighted by molar-refractivity contribution is -0.179. The molecule has 0 unspecified atom stereocenters. The van der Waals surface area contributed by atoms with Crippen LogP contribution in [0.15, 0.2) is 0 Å². The van der Waals surface area contributed by atoms with Crippen molar-refractivity contribution in [2.45, 2.75) is 37.5 Å². The highest BCUT2D eigenvalue weighted by molar-refractivity contribution is 7.88. The smallest absolute Gasteiger partial charge is 0.208 e. The summed E-state index contributed by atoms with van der Waals surface area (Å²) in [5, 5.41) is 3.36. The molecule has 2 N–H and O–H groups in total. The first-order valence-electron chi connectivity index (χ1n) is 6.45. The largest absolute Gasteiger partial charge is 0.348 e. The van der Waals surface area contributed by atoms with Crippen LogP contribution < -0.4 is 10.0 Å². The highest BCUT2D eigenvalue weighted by Crippen LogP contribution is 2.35. The summed E-state index contributed by atoms with van der Waals surface area (Å²) in [4.78, 5) is 0. The molecule has 106 valence electrons. The minimum Gasteiger partial charge on any atom is -0.348 e. The van der Waals surface area contributed by atoms with E-state index in [-0.39, 0.29) is 5.79 Å². The summed E-state index contributed by atoms with van der Waals surface area (Å²) >= 11 is 0.